The van der Waals surface area contributed by atoms with Gasteiger partial charge in [0.1, 0.15) is 5.54 Å². The third-order valence-electron chi connectivity index (χ3n) is 4.64. The molecule has 6 nitrogen and oxygen atoms in total. The molecule has 1 aromatic heterocycles. The van der Waals surface area contributed by atoms with Crippen LogP contribution >= 0.6 is 12.4 Å². The first kappa shape index (κ1) is 18.9. The van der Waals surface area contributed by atoms with Gasteiger partial charge in [-0.25, -0.2) is 0 Å². The van der Waals surface area contributed by atoms with E-state index in [0.29, 0.717) is 19.6 Å². The van der Waals surface area contributed by atoms with E-state index in [9.17, 15) is 4.79 Å². The van der Waals surface area contributed by atoms with E-state index in [1.807, 2.05) is 37.7 Å². The predicted octanol–water partition coefficient (Wildman–Crippen LogP) is 1.34. The fourth-order valence-electron chi connectivity index (χ4n) is 2.85. The Morgan fingerprint density at radius 1 is 1.55 bits per heavy atom. The highest BCUT2D eigenvalue weighted by Gasteiger charge is 2.62. The van der Waals surface area contributed by atoms with Gasteiger partial charge in [-0.1, -0.05) is 13.8 Å². The number of nitrogens with zero attached hydrogens (tertiary/aromatic N) is 2. The van der Waals surface area contributed by atoms with Crippen molar-refractivity contribution in [3.63, 3.8) is 0 Å². The molecular weight excluding hydrogens is 304 g/mol. The zero-order chi connectivity index (χ0) is 15.5. The number of aryl methyl sites for hydroxylation is 1. The van der Waals surface area contributed by atoms with Crippen LogP contribution in [-0.2, 0) is 16.1 Å². The number of halogens is 1. The van der Waals surface area contributed by atoms with E-state index < -0.39 is 5.54 Å². The van der Waals surface area contributed by atoms with Crippen LogP contribution in [0.3, 0.4) is 0 Å². The van der Waals surface area contributed by atoms with E-state index in [4.69, 9.17) is 10.5 Å². The second kappa shape index (κ2) is 7.44. The van der Waals surface area contributed by atoms with Gasteiger partial charge in [-0.2, -0.15) is 5.10 Å². The number of aromatic nitrogens is 2. The van der Waals surface area contributed by atoms with Gasteiger partial charge in [0.25, 0.3) is 0 Å². The SMILES string of the molecule is CCOC1CC(N)(C(=O)NCCCn2cccn2)C1(C)C.Cl. The summed E-state index contributed by atoms with van der Waals surface area (Å²) in [5.41, 5.74) is 5.14. The number of ether oxygens (including phenoxy) is 1. The summed E-state index contributed by atoms with van der Waals surface area (Å²) < 4.78 is 7.49. The van der Waals surface area contributed by atoms with Crippen LogP contribution in [0.25, 0.3) is 0 Å². The summed E-state index contributed by atoms with van der Waals surface area (Å²) >= 11 is 0. The minimum atomic E-state index is -0.835. The van der Waals surface area contributed by atoms with Gasteiger partial charge in [-0.05, 0) is 19.4 Å². The lowest BCUT2D eigenvalue weighted by Crippen LogP contribution is -2.75. The van der Waals surface area contributed by atoms with Gasteiger partial charge >= 0.3 is 0 Å². The van der Waals surface area contributed by atoms with Gasteiger partial charge in [-0.3, -0.25) is 9.48 Å². The molecule has 0 spiro atoms. The van der Waals surface area contributed by atoms with E-state index >= 15 is 0 Å². The normalized spacial score (nSPS) is 25.9. The molecule has 7 heteroatoms. The summed E-state index contributed by atoms with van der Waals surface area (Å²) in [5.74, 6) is -0.0797. The van der Waals surface area contributed by atoms with Crippen LogP contribution in [-0.4, -0.2) is 40.5 Å². The summed E-state index contributed by atoms with van der Waals surface area (Å²) in [7, 11) is 0. The number of carbonyl (C=O) groups is 1. The minimum Gasteiger partial charge on any atom is -0.378 e. The molecule has 1 aliphatic rings. The molecule has 0 aliphatic heterocycles. The van der Waals surface area contributed by atoms with Gasteiger partial charge in [0, 0.05) is 43.9 Å². The van der Waals surface area contributed by atoms with Crippen molar-refractivity contribution >= 4 is 18.3 Å². The lowest BCUT2D eigenvalue weighted by Gasteiger charge is -2.57. The number of rotatable bonds is 7. The Hall–Kier alpha value is -1.11. The van der Waals surface area contributed by atoms with Crippen LogP contribution in [0.4, 0.5) is 0 Å². The monoisotopic (exact) mass is 330 g/mol. The van der Waals surface area contributed by atoms with E-state index in [1.165, 1.54) is 0 Å². The molecule has 0 aromatic carbocycles. The van der Waals surface area contributed by atoms with E-state index in [0.717, 1.165) is 13.0 Å². The molecule has 2 rings (SSSR count). The molecule has 1 aliphatic carbocycles. The minimum absolute atomic E-state index is 0. The van der Waals surface area contributed by atoms with Crippen LogP contribution in [0, 0.1) is 5.41 Å². The van der Waals surface area contributed by atoms with Crippen molar-refractivity contribution in [3.8, 4) is 0 Å². The first-order valence-corrected chi connectivity index (χ1v) is 7.58. The number of nitrogens with two attached hydrogens (primary N) is 1. The smallest absolute Gasteiger partial charge is 0.240 e. The molecule has 1 saturated carbocycles. The molecule has 0 radical (unpaired) electrons. The van der Waals surface area contributed by atoms with Crippen LogP contribution in [0.15, 0.2) is 18.5 Å². The molecule has 126 valence electrons. The molecule has 2 atom stereocenters. The van der Waals surface area contributed by atoms with Gasteiger partial charge < -0.3 is 15.8 Å². The highest BCUT2D eigenvalue weighted by atomic mass is 35.5. The number of nitrogens with one attached hydrogen (secondary N) is 1. The highest BCUT2D eigenvalue weighted by Crippen LogP contribution is 2.49. The fraction of sp³-hybridized carbons (Fsp3) is 0.733. The lowest BCUT2D eigenvalue weighted by molar-refractivity contribution is -0.170. The molecule has 2 unspecified atom stereocenters. The number of carbonyl (C=O) groups excluding carboxylic acids is 1. The second-order valence-corrected chi connectivity index (χ2v) is 6.22. The maximum absolute atomic E-state index is 12.4. The third kappa shape index (κ3) is 3.45. The van der Waals surface area contributed by atoms with E-state index in [-0.39, 0.29) is 29.8 Å². The van der Waals surface area contributed by atoms with Crippen LogP contribution in [0.2, 0.25) is 0 Å². The van der Waals surface area contributed by atoms with Gasteiger partial charge in [-0.15, -0.1) is 12.4 Å². The zero-order valence-corrected chi connectivity index (χ0v) is 14.4. The van der Waals surface area contributed by atoms with Gasteiger partial charge in [0.2, 0.25) is 5.91 Å². The standard InChI is InChI=1S/C15H26N4O2.ClH/c1-4-21-12-11-15(16,14(12,2)3)13(20)17-7-5-9-19-10-6-8-18-19;/h6,8,10,12H,4-5,7,9,11,16H2,1-3H3,(H,17,20);1H. The van der Waals surface area contributed by atoms with Gasteiger partial charge in [0.05, 0.1) is 6.10 Å². The molecule has 1 fully saturated rings. The topological polar surface area (TPSA) is 82.2 Å². The van der Waals surface area contributed by atoms with Crippen molar-refractivity contribution in [3.05, 3.63) is 18.5 Å². The maximum Gasteiger partial charge on any atom is 0.240 e. The maximum atomic E-state index is 12.4. The van der Waals surface area contributed by atoms with Crippen molar-refractivity contribution in [1.82, 2.24) is 15.1 Å². The van der Waals surface area contributed by atoms with E-state index in [1.54, 1.807) is 6.20 Å². The number of hydrogen-bond acceptors (Lipinski definition) is 4. The van der Waals surface area contributed by atoms with Crippen molar-refractivity contribution in [2.24, 2.45) is 11.1 Å². The molecule has 1 aromatic rings. The molecular formula is C15H27ClN4O2. The average molecular weight is 331 g/mol. The third-order valence-corrected chi connectivity index (χ3v) is 4.64. The Labute approximate surface area is 138 Å². The Balaban J connectivity index is 0.00000242. The van der Waals surface area contributed by atoms with Gasteiger partial charge in [0.15, 0.2) is 0 Å². The molecule has 1 amide bonds. The van der Waals surface area contributed by atoms with Crippen LogP contribution in [0.1, 0.15) is 33.6 Å². The summed E-state index contributed by atoms with van der Waals surface area (Å²) in [6, 6.07) is 1.89. The average Bonchev–Trinajstić information content (AvgIpc) is 2.96. The number of amides is 1. The Morgan fingerprint density at radius 2 is 2.27 bits per heavy atom. The van der Waals surface area contributed by atoms with Crippen molar-refractivity contribution < 1.29 is 9.53 Å². The molecule has 0 saturated heterocycles. The summed E-state index contributed by atoms with van der Waals surface area (Å²) in [5, 5.41) is 7.07. The first-order chi connectivity index (χ1) is 9.91. The molecule has 3 N–H and O–H groups in total. The van der Waals surface area contributed by atoms with Crippen LogP contribution < -0.4 is 11.1 Å². The van der Waals surface area contributed by atoms with Crippen molar-refractivity contribution in [2.75, 3.05) is 13.2 Å². The van der Waals surface area contributed by atoms with Crippen molar-refractivity contribution in [2.45, 2.75) is 51.8 Å². The summed E-state index contributed by atoms with van der Waals surface area (Å²) in [6.45, 7) is 8.00. The second-order valence-electron chi connectivity index (χ2n) is 6.22. The summed E-state index contributed by atoms with van der Waals surface area (Å²) in [6.07, 6.45) is 5.13. The summed E-state index contributed by atoms with van der Waals surface area (Å²) in [4.78, 5) is 12.4. The Bertz CT molecular complexity index is 478. The van der Waals surface area contributed by atoms with Crippen molar-refractivity contribution in [1.29, 1.82) is 0 Å². The quantitative estimate of drug-likeness (QED) is 0.739. The molecule has 1 heterocycles. The van der Waals surface area contributed by atoms with E-state index in [2.05, 4.69) is 10.4 Å². The predicted molar refractivity (Wildman–Crippen MR) is 87.8 cm³/mol. The largest absolute Gasteiger partial charge is 0.378 e. The lowest BCUT2D eigenvalue weighted by atomic mass is 9.54. The highest BCUT2D eigenvalue weighted by molar-refractivity contribution is 5.88. The first-order valence-electron chi connectivity index (χ1n) is 7.58. The molecule has 0 bridgehead atoms. The molecule has 22 heavy (non-hydrogen) atoms. The zero-order valence-electron chi connectivity index (χ0n) is 13.5. The Morgan fingerprint density at radius 3 is 2.82 bits per heavy atom. The fourth-order valence-corrected chi connectivity index (χ4v) is 2.85. The van der Waals surface area contributed by atoms with Crippen LogP contribution in [0.5, 0.6) is 0 Å². The number of hydrogen-bond donors (Lipinski definition) is 2. The Kier molecular flexibility index (Phi) is 6.40.